The SMILES string of the molecule is OCc1ccccc1CC1(O)C=CC=CC1. The molecule has 1 aromatic carbocycles. The topological polar surface area (TPSA) is 40.5 Å². The molecule has 1 aliphatic rings. The molecule has 0 heterocycles. The normalized spacial score (nSPS) is 23.6. The van der Waals surface area contributed by atoms with Crippen molar-refractivity contribution in [1.82, 2.24) is 0 Å². The predicted molar refractivity (Wildman–Crippen MR) is 63.9 cm³/mol. The Labute approximate surface area is 95.6 Å². The number of allylic oxidation sites excluding steroid dienone is 2. The fourth-order valence-corrected chi connectivity index (χ4v) is 2.00. The molecule has 0 fully saturated rings. The van der Waals surface area contributed by atoms with Crippen molar-refractivity contribution in [3.63, 3.8) is 0 Å². The van der Waals surface area contributed by atoms with Crippen molar-refractivity contribution >= 4 is 0 Å². The lowest BCUT2D eigenvalue weighted by Gasteiger charge is -2.26. The molecule has 0 spiro atoms. The molecule has 1 aromatic rings. The largest absolute Gasteiger partial charge is 0.392 e. The van der Waals surface area contributed by atoms with Crippen LogP contribution in [0.1, 0.15) is 17.5 Å². The molecule has 0 bridgehead atoms. The van der Waals surface area contributed by atoms with Crippen LogP contribution in [0.4, 0.5) is 0 Å². The van der Waals surface area contributed by atoms with E-state index in [1.807, 2.05) is 48.6 Å². The zero-order chi connectivity index (χ0) is 11.4. The second-order valence-electron chi connectivity index (χ2n) is 4.20. The van der Waals surface area contributed by atoms with Crippen LogP contribution < -0.4 is 0 Å². The van der Waals surface area contributed by atoms with Crippen molar-refractivity contribution in [1.29, 1.82) is 0 Å². The van der Waals surface area contributed by atoms with Gasteiger partial charge in [-0.2, -0.15) is 0 Å². The maximum atomic E-state index is 10.3. The molecule has 1 unspecified atom stereocenters. The van der Waals surface area contributed by atoms with E-state index >= 15 is 0 Å². The van der Waals surface area contributed by atoms with Gasteiger partial charge in [0, 0.05) is 6.42 Å². The molecule has 1 aliphatic carbocycles. The quantitative estimate of drug-likeness (QED) is 0.811. The number of benzene rings is 1. The summed E-state index contributed by atoms with van der Waals surface area (Å²) in [6, 6.07) is 7.67. The molecule has 0 aliphatic heterocycles. The van der Waals surface area contributed by atoms with Crippen LogP contribution in [-0.4, -0.2) is 15.8 Å². The molecule has 2 nitrogen and oxygen atoms in total. The zero-order valence-corrected chi connectivity index (χ0v) is 9.13. The van der Waals surface area contributed by atoms with E-state index in [9.17, 15) is 10.2 Å². The fourth-order valence-electron chi connectivity index (χ4n) is 2.00. The first kappa shape index (κ1) is 11.1. The first-order valence-corrected chi connectivity index (χ1v) is 5.48. The van der Waals surface area contributed by atoms with Crippen LogP contribution in [0.2, 0.25) is 0 Å². The Bertz CT molecular complexity index is 420. The number of rotatable bonds is 3. The molecule has 2 N–H and O–H groups in total. The van der Waals surface area contributed by atoms with Gasteiger partial charge in [-0.25, -0.2) is 0 Å². The van der Waals surface area contributed by atoms with Crippen LogP contribution in [0.25, 0.3) is 0 Å². The summed E-state index contributed by atoms with van der Waals surface area (Å²) in [5, 5.41) is 19.5. The van der Waals surface area contributed by atoms with Crippen LogP contribution in [0.15, 0.2) is 48.6 Å². The van der Waals surface area contributed by atoms with Gasteiger partial charge in [-0.1, -0.05) is 48.6 Å². The highest BCUT2D eigenvalue weighted by Crippen LogP contribution is 2.24. The molecule has 2 heteroatoms. The summed E-state index contributed by atoms with van der Waals surface area (Å²) in [5.74, 6) is 0. The molecule has 2 rings (SSSR count). The minimum atomic E-state index is -0.806. The lowest BCUT2D eigenvalue weighted by molar-refractivity contribution is 0.0928. The molecule has 0 saturated carbocycles. The average Bonchev–Trinajstić information content (AvgIpc) is 2.30. The lowest BCUT2D eigenvalue weighted by Crippen LogP contribution is -2.29. The monoisotopic (exact) mass is 216 g/mol. The van der Waals surface area contributed by atoms with Gasteiger partial charge in [0.2, 0.25) is 0 Å². The van der Waals surface area contributed by atoms with Crippen molar-refractivity contribution in [2.75, 3.05) is 0 Å². The van der Waals surface area contributed by atoms with E-state index in [0.29, 0.717) is 12.8 Å². The highest BCUT2D eigenvalue weighted by molar-refractivity contribution is 5.31. The van der Waals surface area contributed by atoms with Crippen molar-refractivity contribution in [3.05, 3.63) is 59.7 Å². The molecular formula is C14H16O2. The Hall–Kier alpha value is -1.38. The average molecular weight is 216 g/mol. The Kier molecular flexibility index (Phi) is 3.22. The summed E-state index contributed by atoms with van der Waals surface area (Å²) in [6.07, 6.45) is 8.76. The van der Waals surface area contributed by atoms with Crippen molar-refractivity contribution in [2.24, 2.45) is 0 Å². The van der Waals surface area contributed by atoms with Crippen LogP contribution in [0.3, 0.4) is 0 Å². The maximum absolute atomic E-state index is 10.3. The van der Waals surface area contributed by atoms with Gasteiger partial charge < -0.3 is 10.2 Å². The van der Waals surface area contributed by atoms with E-state index in [0.717, 1.165) is 11.1 Å². The first-order valence-electron chi connectivity index (χ1n) is 5.48. The van der Waals surface area contributed by atoms with Gasteiger partial charge in [-0.05, 0) is 17.5 Å². The van der Waals surface area contributed by atoms with E-state index in [-0.39, 0.29) is 6.61 Å². The van der Waals surface area contributed by atoms with Gasteiger partial charge in [-0.3, -0.25) is 0 Å². The second-order valence-corrected chi connectivity index (χ2v) is 4.20. The van der Waals surface area contributed by atoms with Gasteiger partial charge in [0.05, 0.1) is 12.2 Å². The van der Waals surface area contributed by atoms with E-state index in [1.165, 1.54) is 0 Å². The van der Waals surface area contributed by atoms with E-state index in [4.69, 9.17) is 0 Å². The van der Waals surface area contributed by atoms with Gasteiger partial charge >= 0.3 is 0 Å². The molecule has 0 aromatic heterocycles. The Balaban J connectivity index is 2.20. The summed E-state index contributed by atoms with van der Waals surface area (Å²) < 4.78 is 0. The Morgan fingerprint density at radius 3 is 2.50 bits per heavy atom. The minimum Gasteiger partial charge on any atom is -0.392 e. The third kappa shape index (κ3) is 2.40. The van der Waals surface area contributed by atoms with E-state index in [2.05, 4.69) is 0 Å². The lowest BCUT2D eigenvalue weighted by atomic mass is 9.87. The molecular weight excluding hydrogens is 200 g/mol. The molecule has 0 saturated heterocycles. The number of hydrogen-bond donors (Lipinski definition) is 2. The summed E-state index contributed by atoms with van der Waals surface area (Å²) in [7, 11) is 0. The third-order valence-electron chi connectivity index (χ3n) is 2.91. The summed E-state index contributed by atoms with van der Waals surface area (Å²) in [4.78, 5) is 0. The summed E-state index contributed by atoms with van der Waals surface area (Å²) in [6.45, 7) is 0.0196. The Morgan fingerprint density at radius 1 is 1.12 bits per heavy atom. The van der Waals surface area contributed by atoms with Crippen LogP contribution in [0, 0.1) is 0 Å². The first-order chi connectivity index (χ1) is 7.73. The standard InChI is InChI=1S/C14H16O2/c15-11-13-7-3-2-6-12(13)10-14(16)8-4-1-5-9-14/h1-8,15-16H,9-11H2. The van der Waals surface area contributed by atoms with Crippen LogP contribution >= 0.6 is 0 Å². The van der Waals surface area contributed by atoms with Gasteiger partial charge in [0.25, 0.3) is 0 Å². The third-order valence-corrected chi connectivity index (χ3v) is 2.91. The molecule has 0 amide bonds. The summed E-state index contributed by atoms with van der Waals surface area (Å²) >= 11 is 0. The molecule has 0 radical (unpaired) electrons. The maximum Gasteiger partial charge on any atom is 0.0905 e. The molecule has 84 valence electrons. The second kappa shape index (κ2) is 4.64. The van der Waals surface area contributed by atoms with Crippen LogP contribution in [-0.2, 0) is 13.0 Å². The highest BCUT2D eigenvalue weighted by Gasteiger charge is 2.24. The number of aliphatic hydroxyl groups excluding tert-OH is 1. The van der Waals surface area contributed by atoms with Crippen LogP contribution in [0.5, 0.6) is 0 Å². The van der Waals surface area contributed by atoms with Gasteiger partial charge in [-0.15, -0.1) is 0 Å². The van der Waals surface area contributed by atoms with Crippen molar-refractivity contribution in [3.8, 4) is 0 Å². The molecule has 1 atom stereocenters. The van der Waals surface area contributed by atoms with Gasteiger partial charge in [0.15, 0.2) is 0 Å². The van der Waals surface area contributed by atoms with Crippen molar-refractivity contribution in [2.45, 2.75) is 25.0 Å². The number of aliphatic hydroxyl groups is 2. The Morgan fingerprint density at radius 2 is 1.88 bits per heavy atom. The molecule has 16 heavy (non-hydrogen) atoms. The van der Waals surface area contributed by atoms with E-state index in [1.54, 1.807) is 0 Å². The minimum absolute atomic E-state index is 0.0196. The smallest absolute Gasteiger partial charge is 0.0905 e. The van der Waals surface area contributed by atoms with E-state index < -0.39 is 5.60 Å². The van der Waals surface area contributed by atoms with Gasteiger partial charge in [0.1, 0.15) is 0 Å². The zero-order valence-electron chi connectivity index (χ0n) is 9.13. The summed E-state index contributed by atoms with van der Waals surface area (Å²) in [5.41, 5.74) is 1.09. The predicted octanol–water partition coefficient (Wildman–Crippen LogP) is 1.97. The highest BCUT2D eigenvalue weighted by atomic mass is 16.3. The van der Waals surface area contributed by atoms with Crippen molar-refractivity contribution < 1.29 is 10.2 Å². The fraction of sp³-hybridized carbons (Fsp3) is 0.286. The number of hydrogen-bond acceptors (Lipinski definition) is 2.